The van der Waals surface area contributed by atoms with Crippen molar-refractivity contribution in [2.75, 3.05) is 26.0 Å². The lowest BCUT2D eigenvalue weighted by Crippen LogP contribution is -2.45. The summed E-state index contributed by atoms with van der Waals surface area (Å²) < 4.78 is 5.38. The lowest BCUT2D eigenvalue weighted by atomic mass is 10.2. The number of amides is 1. The second-order valence-corrected chi connectivity index (χ2v) is 7.40. The number of hydrogen-bond acceptors (Lipinski definition) is 5. The molecule has 1 fully saturated rings. The highest BCUT2D eigenvalue weighted by atomic mass is 32.2. The van der Waals surface area contributed by atoms with Crippen molar-refractivity contribution in [3.05, 3.63) is 0 Å². The molecule has 1 amide bonds. The first-order valence-electron chi connectivity index (χ1n) is 7.14. The third-order valence-electron chi connectivity index (χ3n) is 3.38. The Hall–Kier alpha value is -0.460. The van der Waals surface area contributed by atoms with E-state index in [1.54, 1.807) is 16.7 Å². The van der Waals surface area contributed by atoms with Gasteiger partial charge < -0.3 is 20.1 Å². The van der Waals surface area contributed by atoms with Gasteiger partial charge in [0.1, 0.15) is 5.60 Å². The lowest BCUT2D eigenvalue weighted by Gasteiger charge is -2.26. The highest BCUT2D eigenvalue weighted by Crippen LogP contribution is 2.17. The van der Waals surface area contributed by atoms with Gasteiger partial charge in [0.2, 0.25) is 0 Å². The molecule has 1 aliphatic heterocycles. The van der Waals surface area contributed by atoms with E-state index < -0.39 is 5.60 Å². The number of hydrogen-bond donors (Lipinski definition) is 2. The van der Waals surface area contributed by atoms with E-state index in [1.807, 2.05) is 27.0 Å². The first-order chi connectivity index (χ1) is 9.26. The highest BCUT2D eigenvalue weighted by molar-refractivity contribution is 7.99. The average Bonchev–Trinajstić information content (AvgIpc) is 2.77. The molecule has 1 heterocycles. The second-order valence-electron chi connectivity index (χ2n) is 6.32. The second kappa shape index (κ2) is 7.52. The molecule has 2 N–H and O–H groups in total. The van der Waals surface area contributed by atoms with Crippen molar-refractivity contribution in [3.8, 4) is 0 Å². The van der Waals surface area contributed by atoms with Crippen LogP contribution in [0.2, 0.25) is 0 Å². The molecule has 3 atom stereocenters. The lowest BCUT2D eigenvalue weighted by molar-refractivity contribution is 0.0290. The van der Waals surface area contributed by atoms with E-state index in [0.29, 0.717) is 6.54 Å². The Morgan fingerprint density at radius 2 is 2.20 bits per heavy atom. The summed E-state index contributed by atoms with van der Waals surface area (Å²) in [7, 11) is 0. The SMILES string of the molecule is CSC(CO)C(C)NC1CCN(C(=O)OC(C)(C)C)C1. The summed E-state index contributed by atoms with van der Waals surface area (Å²) in [6, 6.07) is 0.498. The van der Waals surface area contributed by atoms with Gasteiger partial charge in [-0.05, 0) is 40.4 Å². The maximum absolute atomic E-state index is 12.0. The molecule has 0 saturated carbocycles. The zero-order chi connectivity index (χ0) is 15.3. The van der Waals surface area contributed by atoms with E-state index in [9.17, 15) is 9.90 Å². The Labute approximate surface area is 126 Å². The monoisotopic (exact) mass is 304 g/mol. The minimum absolute atomic E-state index is 0.165. The number of carbonyl (C=O) groups excluding carboxylic acids is 1. The minimum Gasteiger partial charge on any atom is -0.444 e. The first kappa shape index (κ1) is 17.6. The maximum Gasteiger partial charge on any atom is 0.410 e. The van der Waals surface area contributed by atoms with Crippen LogP contribution in [0.4, 0.5) is 4.79 Å². The first-order valence-corrected chi connectivity index (χ1v) is 8.43. The quantitative estimate of drug-likeness (QED) is 0.809. The van der Waals surface area contributed by atoms with Crippen molar-refractivity contribution in [2.24, 2.45) is 0 Å². The van der Waals surface area contributed by atoms with Gasteiger partial charge in [-0.2, -0.15) is 11.8 Å². The molecule has 6 heteroatoms. The fourth-order valence-electron chi connectivity index (χ4n) is 2.30. The summed E-state index contributed by atoms with van der Waals surface area (Å²) in [6.07, 6.45) is 2.69. The van der Waals surface area contributed by atoms with Crippen molar-refractivity contribution in [2.45, 2.75) is 57.1 Å². The van der Waals surface area contributed by atoms with Crippen molar-refractivity contribution < 1.29 is 14.6 Å². The van der Waals surface area contributed by atoms with Gasteiger partial charge in [-0.1, -0.05) is 0 Å². The van der Waals surface area contributed by atoms with Crippen molar-refractivity contribution >= 4 is 17.9 Å². The summed E-state index contributed by atoms with van der Waals surface area (Å²) >= 11 is 1.66. The van der Waals surface area contributed by atoms with Gasteiger partial charge in [0, 0.05) is 30.4 Å². The van der Waals surface area contributed by atoms with Gasteiger partial charge >= 0.3 is 6.09 Å². The molecule has 3 unspecified atom stereocenters. The van der Waals surface area contributed by atoms with Crippen LogP contribution in [0.1, 0.15) is 34.1 Å². The highest BCUT2D eigenvalue weighted by Gasteiger charge is 2.31. The predicted octanol–water partition coefficient (Wildman–Crippen LogP) is 1.70. The van der Waals surface area contributed by atoms with Crippen LogP contribution in [0, 0.1) is 0 Å². The number of thioether (sulfide) groups is 1. The van der Waals surface area contributed by atoms with Crippen LogP contribution in [0.25, 0.3) is 0 Å². The van der Waals surface area contributed by atoms with E-state index in [2.05, 4.69) is 12.2 Å². The summed E-state index contributed by atoms with van der Waals surface area (Å²) in [5, 5.41) is 13.0. The number of aliphatic hydroxyl groups excluding tert-OH is 1. The minimum atomic E-state index is -0.448. The fraction of sp³-hybridized carbons (Fsp3) is 0.929. The van der Waals surface area contributed by atoms with Crippen LogP contribution in [-0.4, -0.2) is 65.0 Å². The molecule has 1 aliphatic rings. The molecular formula is C14H28N2O3S. The number of ether oxygens (including phenoxy) is 1. The largest absolute Gasteiger partial charge is 0.444 e. The summed E-state index contributed by atoms with van der Waals surface area (Å²) in [6.45, 7) is 9.27. The molecule has 118 valence electrons. The van der Waals surface area contributed by atoms with Crippen LogP contribution in [0.15, 0.2) is 0 Å². The number of likely N-dealkylation sites (tertiary alicyclic amines) is 1. The zero-order valence-electron chi connectivity index (χ0n) is 13.2. The maximum atomic E-state index is 12.0. The molecule has 20 heavy (non-hydrogen) atoms. The third kappa shape index (κ3) is 5.50. The van der Waals surface area contributed by atoms with Gasteiger partial charge in [-0.15, -0.1) is 0 Å². The Kier molecular flexibility index (Phi) is 6.61. The third-order valence-corrected chi connectivity index (χ3v) is 4.54. The number of nitrogens with zero attached hydrogens (tertiary/aromatic N) is 1. The summed E-state index contributed by atoms with van der Waals surface area (Å²) in [4.78, 5) is 13.7. The molecule has 0 bridgehead atoms. The molecule has 0 aliphatic carbocycles. The smallest absolute Gasteiger partial charge is 0.410 e. The Morgan fingerprint density at radius 1 is 1.55 bits per heavy atom. The molecule has 5 nitrogen and oxygen atoms in total. The molecule has 0 radical (unpaired) electrons. The fourth-order valence-corrected chi connectivity index (χ4v) is 2.94. The van der Waals surface area contributed by atoms with Crippen LogP contribution in [0.5, 0.6) is 0 Å². The topological polar surface area (TPSA) is 61.8 Å². The average molecular weight is 304 g/mol. The van der Waals surface area contributed by atoms with Crippen LogP contribution >= 0.6 is 11.8 Å². The predicted molar refractivity (Wildman–Crippen MR) is 83.2 cm³/mol. The normalized spacial score (nSPS) is 22.7. The van der Waals surface area contributed by atoms with Gasteiger partial charge in [-0.25, -0.2) is 4.79 Å². The van der Waals surface area contributed by atoms with E-state index in [0.717, 1.165) is 13.0 Å². The summed E-state index contributed by atoms with van der Waals surface area (Å²) in [5.41, 5.74) is -0.448. The molecule has 0 spiro atoms. The van der Waals surface area contributed by atoms with Crippen molar-refractivity contribution in [3.63, 3.8) is 0 Å². The van der Waals surface area contributed by atoms with Gasteiger partial charge in [0.25, 0.3) is 0 Å². The number of aliphatic hydroxyl groups is 1. The molecule has 0 aromatic rings. The van der Waals surface area contributed by atoms with Gasteiger partial charge in [-0.3, -0.25) is 0 Å². The number of nitrogens with one attached hydrogen (secondary N) is 1. The van der Waals surface area contributed by atoms with Crippen LogP contribution in [0.3, 0.4) is 0 Å². The van der Waals surface area contributed by atoms with Gasteiger partial charge in [0.05, 0.1) is 6.61 Å². The number of rotatable bonds is 5. The Balaban J connectivity index is 2.41. The van der Waals surface area contributed by atoms with E-state index in [-0.39, 0.29) is 30.0 Å². The molecule has 1 saturated heterocycles. The van der Waals surface area contributed by atoms with E-state index in [1.165, 1.54) is 0 Å². The Morgan fingerprint density at radius 3 is 2.70 bits per heavy atom. The summed E-state index contributed by atoms with van der Waals surface area (Å²) in [5.74, 6) is 0. The van der Waals surface area contributed by atoms with Crippen molar-refractivity contribution in [1.29, 1.82) is 0 Å². The van der Waals surface area contributed by atoms with E-state index in [4.69, 9.17) is 4.74 Å². The molecular weight excluding hydrogens is 276 g/mol. The standard InChI is InChI=1S/C14H28N2O3S/c1-10(12(9-17)20-5)15-11-6-7-16(8-11)13(18)19-14(2,3)4/h10-12,15,17H,6-9H2,1-5H3. The van der Waals surface area contributed by atoms with Crippen molar-refractivity contribution in [1.82, 2.24) is 10.2 Å². The van der Waals surface area contributed by atoms with Crippen LogP contribution in [-0.2, 0) is 4.74 Å². The molecule has 0 aromatic heterocycles. The number of carbonyl (C=O) groups is 1. The molecule has 1 rings (SSSR count). The van der Waals surface area contributed by atoms with E-state index >= 15 is 0 Å². The zero-order valence-corrected chi connectivity index (χ0v) is 14.0. The van der Waals surface area contributed by atoms with Gasteiger partial charge in [0.15, 0.2) is 0 Å². The van der Waals surface area contributed by atoms with Crippen LogP contribution < -0.4 is 5.32 Å². The molecule has 0 aromatic carbocycles. The Bertz CT molecular complexity index is 316.